The standard InChI is InChI=1S/C29H32ClN7O3/c1-34-26-23(17-38)37(14-18-9-11-21(40-2)12-10-18)33-25(26)24-27(28(34)39)36(15-19-6-3-4-8-22(19)30)29(32-24)35-13-5-7-20(31)16-35/h3-4,6,8-12,20,38H,5,7,13-17,31H2,1-2H3/t20-/m1/s1. The molecule has 0 saturated carbocycles. The van der Waals surface area contributed by atoms with Crippen molar-refractivity contribution >= 4 is 39.6 Å². The molecule has 1 atom stereocenters. The first-order valence-electron chi connectivity index (χ1n) is 13.4. The summed E-state index contributed by atoms with van der Waals surface area (Å²) in [5.74, 6) is 1.43. The maximum absolute atomic E-state index is 14.0. The topological polar surface area (TPSA) is 116 Å². The van der Waals surface area contributed by atoms with Gasteiger partial charge in [0.15, 0.2) is 0 Å². The average molecular weight is 562 g/mol. The minimum atomic E-state index is -0.278. The van der Waals surface area contributed by atoms with E-state index >= 15 is 0 Å². The number of hydrogen-bond acceptors (Lipinski definition) is 7. The lowest BCUT2D eigenvalue weighted by Crippen LogP contribution is -2.44. The molecule has 4 heterocycles. The summed E-state index contributed by atoms with van der Waals surface area (Å²) in [5.41, 5.74) is 10.6. The predicted octanol–water partition coefficient (Wildman–Crippen LogP) is 3.26. The molecule has 40 heavy (non-hydrogen) atoms. The number of nitrogens with two attached hydrogens (primary N) is 1. The molecule has 3 N–H and O–H groups in total. The molecular formula is C29H32ClN7O3. The van der Waals surface area contributed by atoms with Gasteiger partial charge in [0.1, 0.15) is 22.3 Å². The van der Waals surface area contributed by atoms with Crippen LogP contribution < -0.4 is 20.9 Å². The molecular weight excluding hydrogens is 530 g/mol. The number of methoxy groups -OCH3 is 1. The van der Waals surface area contributed by atoms with Gasteiger partial charge in [-0.25, -0.2) is 4.98 Å². The second-order valence-corrected chi connectivity index (χ2v) is 10.7. The highest BCUT2D eigenvalue weighted by Crippen LogP contribution is 2.31. The molecule has 208 valence electrons. The normalized spacial score (nSPS) is 15.8. The number of ether oxygens (including phenoxy) is 1. The van der Waals surface area contributed by atoms with Crippen molar-refractivity contribution in [1.29, 1.82) is 0 Å². The third kappa shape index (κ3) is 4.51. The maximum Gasteiger partial charge on any atom is 0.277 e. The molecule has 10 nitrogen and oxygen atoms in total. The number of rotatable bonds is 7. The largest absolute Gasteiger partial charge is 0.497 e. The van der Waals surface area contributed by atoms with Crippen molar-refractivity contribution in [2.45, 2.75) is 38.6 Å². The van der Waals surface area contributed by atoms with Crippen LogP contribution in [-0.2, 0) is 26.7 Å². The highest BCUT2D eigenvalue weighted by Gasteiger charge is 2.28. The van der Waals surface area contributed by atoms with E-state index in [2.05, 4.69) is 4.90 Å². The summed E-state index contributed by atoms with van der Waals surface area (Å²) in [4.78, 5) is 21.2. The fraction of sp³-hybridized carbons (Fsp3) is 0.345. The van der Waals surface area contributed by atoms with Crippen LogP contribution in [0.3, 0.4) is 0 Å². The number of anilines is 1. The van der Waals surface area contributed by atoms with Crippen LogP contribution in [0.2, 0.25) is 5.02 Å². The van der Waals surface area contributed by atoms with Gasteiger partial charge in [0, 0.05) is 31.2 Å². The van der Waals surface area contributed by atoms with Crippen LogP contribution in [0.1, 0.15) is 29.7 Å². The first kappa shape index (κ1) is 26.4. The number of aryl methyl sites for hydroxylation is 1. The molecule has 0 unspecified atom stereocenters. The molecule has 5 aromatic rings. The number of benzene rings is 2. The maximum atomic E-state index is 14.0. The molecule has 6 rings (SSSR count). The van der Waals surface area contributed by atoms with Crippen LogP contribution in [-0.4, -0.2) is 55.2 Å². The second kappa shape index (κ2) is 10.6. The number of pyridine rings is 1. The van der Waals surface area contributed by atoms with Gasteiger partial charge in [-0.1, -0.05) is 41.9 Å². The molecule has 2 aromatic carbocycles. The Labute approximate surface area is 236 Å². The molecule has 0 amide bonds. The Bertz CT molecular complexity index is 1760. The fourth-order valence-electron chi connectivity index (χ4n) is 5.65. The molecule has 1 aliphatic heterocycles. The molecule has 1 fully saturated rings. The second-order valence-electron chi connectivity index (χ2n) is 10.3. The number of fused-ring (bicyclic) bond motifs is 3. The van der Waals surface area contributed by atoms with E-state index in [9.17, 15) is 9.90 Å². The van der Waals surface area contributed by atoms with Gasteiger partial charge in [0.25, 0.3) is 5.56 Å². The summed E-state index contributed by atoms with van der Waals surface area (Å²) in [6.07, 6.45) is 1.89. The van der Waals surface area contributed by atoms with Crippen molar-refractivity contribution in [3.8, 4) is 5.75 Å². The Morgan fingerprint density at radius 1 is 1.10 bits per heavy atom. The molecule has 0 aliphatic carbocycles. The summed E-state index contributed by atoms with van der Waals surface area (Å²) in [6.45, 7) is 1.94. The van der Waals surface area contributed by atoms with E-state index in [-0.39, 0.29) is 18.2 Å². The quantitative estimate of drug-likeness (QED) is 0.313. The molecule has 0 radical (unpaired) electrons. The number of aliphatic hydroxyl groups is 1. The minimum absolute atomic E-state index is 0.0230. The zero-order chi connectivity index (χ0) is 28.0. The number of aromatic nitrogens is 5. The highest BCUT2D eigenvalue weighted by atomic mass is 35.5. The number of halogens is 1. The van der Waals surface area contributed by atoms with E-state index in [1.54, 1.807) is 23.4 Å². The van der Waals surface area contributed by atoms with Crippen molar-refractivity contribution < 1.29 is 9.84 Å². The third-order valence-corrected chi connectivity index (χ3v) is 8.08. The third-order valence-electron chi connectivity index (χ3n) is 7.71. The predicted molar refractivity (Wildman–Crippen MR) is 156 cm³/mol. The molecule has 3 aromatic heterocycles. The monoisotopic (exact) mass is 561 g/mol. The number of hydrogen-bond donors (Lipinski definition) is 2. The van der Waals surface area contributed by atoms with Gasteiger partial charge in [-0.3, -0.25) is 9.48 Å². The van der Waals surface area contributed by atoms with Gasteiger partial charge in [0.2, 0.25) is 5.95 Å². The molecule has 0 bridgehead atoms. The van der Waals surface area contributed by atoms with Crippen molar-refractivity contribution in [1.82, 2.24) is 23.9 Å². The first-order chi connectivity index (χ1) is 19.4. The van der Waals surface area contributed by atoms with Gasteiger partial charge in [-0.05, 0) is 42.2 Å². The van der Waals surface area contributed by atoms with Crippen LogP contribution in [0.4, 0.5) is 5.95 Å². The van der Waals surface area contributed by atoms with Gasteiger partial charge in [0.05, 0.1) is 38.0 Å². The SMILES string of the molecule is COc1ccc(Cn2nc3c4nc(N5CCC[C@@H](N)C5)n(Cc5ccccc5Cl)c4c(=O)n(C)c3c2CO)cc1. The fourth-order valence-corrected chi connectivity index (χ4v) is 5.85. The Morgan fingerprint density at radius 3 is 2.58 bits per heavy atom. The van der Waals surface area contributed by atoms with E-state index in [1.807, 2.05) is 53.1 Å². The Morgan fingerprint density at radius 2 is 1.88 bits per heavy atom. The molecule has 11 heteroatoms. The van der Waals surface area contributed by atoms with Gasteiger partial charge in [-0.2, -0.15) is 5.10 Å². The average Bonchev–Trinajstić information content (AvgIpc) is 3.52. The van der Waals surface area contributed by atoms with Crippen LogP contribution in [0.15, 0.2) is 53.3 Å². The molecule has 0 spiro atoms. The van der Waals surface area contributed by atoms with Gasteiger partial charge >= 0.3 is 0 Å². The van der Waals surface area contributed by atoms with Gasteiger partial charge in [-0.15, -0.1) is 0 Å². The van der Waals surface area contributed by atoms with Crippen LogP contribution >= 0.6 is 11.6 Å². The van der Waals surface area contributed by atoms with Crippen molar-refractivity contribution in [3.63, 3.8) is 0 Å². The van der Waals surface area contributed by atoms with Crippen LogP contribution in [0.5, 0.6) is 5.75 Å². The number of aliphatic hydroxyl groups excluding tert-OH is 1. The van der Waals surface area contributed by atoms with Crippen molar-refractivity contribution in [3.05, 3.63) is 80.7 Å². The summed E-state index contributed by atoms with van der Waals surface area (Å²) >= 11 is 6.56. The first-order valence-corrected chi connectivity index (χ1v) is 13.7. The Balaban J connectivity index is 1.57. The van der Waals surface area contributed by atoms with Gasteiger partial charge < -0.3 is 29.6 Å². The lowest BCUT2D eigenvalue weighted by molar-refractivity contribution is 0.270. The zero-order valence-corrected chi connectivity index (χ0v) is 23.3. The van der Waals surface area contributed by atoms with E-state index in [0.29, 0.717) is 58.4 Å². The number of nitrogens with zero attached hydrogens (tertiary/aromatic N) is 6. The number of imidazole rings is 1. The zero-order valence-electron chi connectivity index (χ0n) is 22.5. The smallest absolute Gasteiger partial charge is 0.277 e. The van der Waals surface area contributed by atoms with Crippen molar-refractivity contribution in [2.24, 2.45) is 12.8 Å². The highest BCUT2D eigenvalue weighted by molar-refractivity contribution is 6.31. The summed E-state index contributed by atoms with van der Waals surface area (Å²) in [6, 6.07) is 15.3. The minimum Gasteiger partial charge on any atom is -0.497 e. The summed E-state index contributed by atoms with van der Waals surface area (Å²) in [5, 5.41) is 15.9. The van der Waals surface area contributed by atoms with Crippen LogP contribution in [0.25, 0.3) is 22.1 Å². The Kier molecular flexibility index (Phi) is 6.99. The lowest BCUT2D eigenvalue weighted by Gasteiger charge is -2.32. The lowest BCUT2D eigenvalue weighted by atomic mass is 10.1. The van der Waals surface area contributed by atoms with Crippen molar-refractivity contribution in [2.75, 3.05) is 25.1 Å². The van der Waals surface area contributed by atoms with E-state index in [0.717, 1.165) is 36.3 Å². The Hall–Kier alpha value is -3.86. The van der Waals surface area contributed by atoms with Crippen LogP contribution in [0, 0.1) is 0 Å². The summed E-state index contributed by atoms with van der Waals surface area (Å²) < 4.78 is 10.5. The summed E-state index contributed by atoms with van der Waals surface area (Å²) in [7, 11) is 3.34. The molecule has 1 saturated heterocycles. The van der Waals surface area contributed by atoms with E-state index in [4.69, 9.17) is 32.2 Å². The number of piperidine rings is 1. The van der Waals surface area contributed by atoms with E-state index < -0.39 is 0 Å². The molecule has 1 aliphatic rings. The van der Waals surface area contributed by atoms with E-state index in [1.165, 1.54) is 0 Å².